The molecule has 1 atom stereocenters. The van der Waals surface area contributed by atoms with Gasteiger partial charge in [0, 0.05) is 36.1 Å². The molecule has 2 heterocycles. The highest BCUT2D eigenvalue weighted by molar-refractivity contribution is 6.31. The summed E-state index contributed by atoms with van der Waals surface area (Å²) in [5, 5.41) is 13.6. The number of benzene rings is 1. The van der Waals surface area contributed by atoms with Crippen molar-refractivity contribution in [3.63, 3.8) is 0 Å². The second-order valence-electron chi connectivity index (χ2n) is 6.32. The van der Waals surface area contributed by atoms with Gasteiger partial charge in [-0.05, 0) is 36.8 Å². The molecule has 6 nitrogen and oxygen atoms in total. The van der Waals surface area contributed by atoms with Crippen LogP contribution in [0.15, 0.2) is 36.5 Å². The van der Waals surface area contributed by atoms with Gasteiger partial charge in [0.1, 0.15) is 17.5 Å². The largest absolute Gasteiger partial charge is 0.344 e. The summed E-state index contributed by atoms with van der Waals surface area (Å²) in [5.74, 6) is -0.532. The van der Waals surface area contributed by atoms with Crippen molar-refractivity contribution >= 4 is 34.2 Å². The Morgan fingerprint density at radius 1 is 1.30 bits per heavy atom. The van der Waals surface area contributed by atoms with Crippen molar-refractivity contribution in [2.45, 2.75) is 19.9 Å². The average Bonchev–Trinajstić information content (AvgIpc) is 2.97. The highest BCUT2D eigenvalue weighted by atomic mass is 35.5. The van der Waals surface area contributed by atoms with E-state index in [0.29, 0.717) is 16.3 Å². The SMILES string of the molecule is CC(=O)c1ncc(C(C)NC(=O)c2cc3ccc(Cl)cc3n2C)cc1C#N. The molecular formula is C20H17ClN4O2. The minimum Gasteiger partial charge on any atom is -0.344 e. The summed E-state index contributed by atoms with van der Waals surface area (Å²) in [7, 11) is 1.80. The van der Waals surface area contributed by atoms with E-state index in [2.05, 4.69) is 10.3 Å². The number of nitrogens with one attached hydrogen (secondary N) is 1. The minimum absolute atomic E-state index is 0.130. The summed E-state index contributed by atoms with van der Waals surface area (Å²) < 4.78 is 1.78. The molecule has 27 heavy (non-hydrogen) atoms. The van der Waals surface area contributed by atoms with Gasteiger partial charge in [0.25, 0.3) is 5.91 Å². The van der Waals surface area contributed by atoms with Gasteiger partial charge in [0.15, 0.2) is 5.78 Å². The van der Waals surface area contributed by atoms with E-state index in [-0.39, 0.29) is 29.0 Å². The van der Waals surface area contributed by atoms with Gasteiger partial charge in [0.2, 0.25) is 0 Å². The molecule has 0 saturated heterocycles. The zero-order chi connectivity index (χ0) is 19.7. The maximum absolute atomic E-state index is 12.7. The maximum Gasteiger partial charge on any atom is 0.268 e. The zero-order valence-corrected chi connectivity index (χ0v) is 15.8. The number of nitriles is 1. The van der Waals surface area contributed by atoms with Crippen LogP contribution in [0, 0.1) is 11.3 Å². The van der Waals surface area contributed by atoms with Crippen molar-refractivity contribution in [1.82, 2.24) is 14.9 Å². The summed E-state index contributed by atoms with van der Waals surface area (Å²) in [5.41, 5.74) is 2.32. The first kappa shape index (κ1) is 18.6. The number of carbonyl (C=O) groups excluding carboxylic acids is 2. The topological polar surface area (TPSA) is 87.8 Å². The summed E-state index contributed by atoms with van der Waals surface area (Å²) in [6.45, 7) is 3.16. The zero-order valence-electron chi connectivity index (χ0n) is 15.1. The fourth-order valence-electron chi connectivity index (χ4n) is 2.96. The number of aryl methyl sites for hydroxylation is 1. The van der Waals surface area contributed by atoms with E-state index in [1.165, 1.54) is 13.1 Å². The third-order valence-corrected chi connectivity index (χ3v) is 4.69. The molecule has 3 aromatic rings. The Morgan fingerprint density at radius 2 is 2.04 bits per heavy atom. The molecule has 1 unspecified atom stereocenters. The number of hydrogen-bond acceptors (Lipinski definition) is 4. The molecule has 1 aromatic carbocycles. The highest BCUT2D eigenvalue weighted by Crippen LogP contribution is 2.23. The molecule has 0 fully saturated rings. The van der Waals surface area contributed by atoms with E-state index in [0.717, 1.165) is 10.9 Å². The van der Waals surface area contributed by atoms with Crippen LogP contribution < -0.4 is 5.32 Å². The molecule has 136 valence electrons. The molecule has 0 bridgehead atoms. The molecule has 0 spiro atoms. The first-order valence-electron chi connectivity index (χ1n) is 8.28. The molecule has 1 N–H and O–H groups in total. The second-order valence-corrected chi connectivity index (χ2v) is 6.76. The number of aromatic nitrogens is 2. The average molecular weight is 381 g/mol. The number of Topliss-reactive ketones (excluding diaryl/α,β-unsaturated/α-hetero) is 1. The highest BCUT2D eigenvalue weighted by Gasteiger charge is 2.18. The Labute approximate surface area is 161 Å². The summed E-state index contributed by atoms with van der Waals surface area (Å²) >= 11 is 6.04. The number of ketones is 1. The first-order chi connectivity index (χ1) is 12.8. The maximum atomic E-state index is 12.7. The summed E-state index contributed by atoms with van der Waals surface area (Å²) in [4.78, 5) is 28.3. The first-order valence-corrected chi connectivity index (χ1v) is 8.66. The Balaban J connectivity index is 1.87. The van der Waals surface area contributed by atoms with Gasteiger partial charge in [-0.2, -0.15) is 5.26 Å². The quantitative estimate of drug-likeness (QED) is 0.697. The fourth-order valence-corrected chi connectivity index (χ4v) is 3.12. The minimum atomic E-state index is -0.389. The van der Waals surface area contributed by atoms with Crippen LogP contribution in [-0.2, 0) is 7.05 Å². The van der Waals surface area contributed by atoms with Crippen LogP contribution in [0.3, 0.4) is 0 Å². The molecular weight excluding hydrogens is 364 g/mol. The van der Waals surface area contributed by atoms with E-state index in [1.807, 2.05) is 12.1 Å². The van der Waals surface area contributed by atoms with Crippen LogP contribution >= 0.6 is 11.6 Å². The number of pyridine rings is 1. The second kappa shape index (κ2) is 7.22. The number of nitrogens with zero attached hydrogens (tertiary/aromatic N) is 3. The molecule has 0 radical (unpaired) electrons. The standard InChI is InChI=1S/C20H17ClN4O2/c1-11(15-6-14(9-22)19(12(2)26)23-10-15)24-20(27)18-7-13-4-5-16(21)8-17(13)25(18)3/h4-8,10-11H,1-3H3,(H,24,27). The van der Waals surface area contributed by atoms with Crippen LogP contribution in [0.1, 0.15) is 52.0 Å². The summed E-state index contributed by atoms with van der Waals surface area (Å²) in [6, 6.07) is 10.4. The van der Waals surface area contributed by atoms with Gasteiger partial charge < -0.3 is 9.88 Å². The lowest BCUT2D eigenvalue weighted by molar-refractivity contribution is 0.0930. The van der Waals surface area contributed by atoms with Crippen LogP contribution in [0.5, 0.6) is 0 Å². The van der Waals surface area contributed by atoms with Crippen molar-refractivity contribution in [2.24, 2.45) is 7.05 Å². The van der Waals surface area contributed by atoms with E-state index in [9.17, 15) is 14.9 Å². The van der Waals surface area contributed by atoms with Gasteiger partial charge in [-0.1, -0.05) is 17.7 Å². The van der Waals surface area contributed by atoms with Crippen molar-refractivity contribution in [3.8, 4) is 6.07 Å². The Hall–Kier alpha value is -3.17. The number of hydrogen-bond donors (Lipinski definition) is 1. The molecule has 0 saturated carbocycles. The van der Waals surface area contributed by atoms with Crippen molar-refractivity contribution in [1.29, 1.82) is 5.26 Å². The van der Waals surface area contributed by atoms with Crippen LogP contribution in [-0.4, -0.2) is 21.2 Å². The lowest BCUT2D eigenvalue weighted by Crippen LogP contribution is -2.28. The van der Waals surface area contributed by atoms with E-state index in [4.69, 9.17) is 11.6 Å². The van der Waals surface area contributed by atoms with Gasteiger partial charge in [0.05, 0.1) is 11.6 Å². The number of halogens is 1. The molecule has 0 aliphatic heterocycles. The predicted molar refractivity (Wildman–Crippen MR) is 103 cm³/mol. The molecule has 7 heteroatoms. The third-order valence-electron chi connectivity index (χ3n) is 4.45. The number of rotatable bonds is 4. The number of carbonyl (C=O) groups is 2. The van der Waals surface area contributed by atoms with Crippen molar-refractivity contribution in [3.05, 3.63) is 64.1 Å². The molecule has 2 aromatic heterocycles. The predicted octanol–water partition coefficient (Wildman–Crippen LogP) is 3.79. The van der Waals surface area contributed by atoms with Crippen LogP contribution in [0.4, 0.5) is 0 Å². The Morgan fingerprint density at radius 3 is 2.70 bits per heavy atom. The Bertz CT molecular complexity index is 1110. The fraction of sp³-hybridized carbons (Fsp3) is 0.200. The smallest absolute Gasteiger partial charge is 0.268 e. The molecule has 1 amide bonds. The van der Waals surface area contributed by atoms with Crippen molar-refractivity contribution < 1.29 is 9.59 Å². The van der Waals surface area contributed by atoms with Crippen LogP contribution in [0.2, 0.25) is 5.02 Å². The van der Waals surface area contributed by atoms with Gasteiger partial charge >= 0.3 is 0 Å². The normalized spacial score (nSPS) is 11.8. The van der Waals surface area contributed by atoms with Crippen LogP contribution in [0.25, 0.3) is 10.9 Å². The molecule has 3 rings (SSSR count). The van der Waals surface area contributed by atoms with Gasteiger partial charge in [-0.3, -0.25) is 14.6 Å². The number of amides is 1. The monoisotopic (exact) mass is 380 g/mol. The van der Waals surface area contributed by atoms with Gasteiger partial charge in [-0.15, -0.1) is 0 Å². The van der Waals surface area contributed by atoms with E-state index >= 15 is 0 Å². The van der Waals surface area contributed by atoms with E-state index in [1.54, 1.807) is 42.8 Å². The lowest BCUT2D eigenvalue weighted by Gasteiger charge is -2.15. The molecule has 0 aliphatic rings. The third kappa shape index (κ3) is 3.55. The van der Waals surface area contributed by atoms with E-state index < -0.39 is 0 Å². The van der Waals surface area contributed by atoms with Crippen molar-refractivity contribution in [2.75, 3.05) is 0 Å². The lowest BCUT2D eigenvalue weighted by atomic mass is 10.1. The Kier molecular flexibility index (Phi) is 4.98. The number of fused-ring (bicyclic) bond motifs is 1. The molecule has 0 aliphatic carbocycles. The summed E-state index contributed by atoms with van der Waals surface area (Å²) in [6.07, 6.45) is 1.50. The van der Waals surface area contributed by atoms with Gasteiger partial charge in [-0.25, -0.2) is 0 Å².